The summed E-state index contributed by atoms with van der Waals surface area (Å²) in [6.07, 6.45) is 3.56. The van der Waals surface area contributed by atoms with Gasteiger partial charge in [0.1, 0.15) is 0 Å². The van der Waals surface area contributed by atoms with E-state index in [-0.39, 0.29) is 0 Å². The smallest absolute Gasteiger partial charge is 0.0478 e. The van der Waals surface area contributed by atoms with Crippen molar-refractivity contribution in [3.63, 3.8) is 0 Å². The van der Waals surface area contributed by atoms with Crippen molar-refractivity contribution >= 4 is 0 Å². The van der Waals surface area contributed by atoms with Crippen molar-refractivity contribution < 1.29 is 4.74 Å². The minimum absolute atomic E-state index is 0.910. The molecule has 0 aliphatic heterocycles. The number of unbranched alkanes of at least 4 members (excludes halogenated alkanes) is 1. The summed E-state index contributed by atoms with van der Waals surface area (Å²) in [6, 6.07) is 0. The van der Waals surface area contributed by atoms with E-state index in [1.807, 2.05) is 0 Å². The van der Waals surface area contributed by atoms with Gasteiger partial charge in [-0.3, -0.25) is 0 Å². The molecule has 0 heterocycles. The van der Waals surface area contributed by atoms with Crippen LogP contribution in [0.25, 0.3) is 0 Å². The quantitative estimate of drug-likeness (QED) is 0.545. The summed E-state index contributed by atoms with van der Waals surface area (Å²) >= 11 is 0. The number of rotatable bonds is 8. The van der Waals surface area contributed by atoms with E-state index in [0.29, 0.717) is 0 Å². The van der Waals surface area contributed by atoms with Gasteiger partial charge in [0, 0.05) is 13.2 Å². The van der Waals surface area contributed by atoms with Gasteiger partial charge in [-0.25, -0.2) is 0 Å². The van der Waals surface area contributed by atoms with Crippen molar-refractivity contribution in [1.82, 2.24) is 5.32 Å². The molecule has 0 aromatic heterocycles. The largest absolute Gasteiger partial charge is 0.381 e. The normalized spacial score (nSPS) is 10.4. The SMILES string of the molecule is CCCCOCCCNCC. The molecule has 0 radical (unpaired) electrons. The van der Waals surface area contributed by atoms with Crippen LogP contribution in [0.1, 0.15) is 33.1 Å². The second-order valence-corrected chi connectivity index (χ2v) is 2.67. The highest BCUT2D eigenvalue weighted by Gasteiger charge is 1.87. The molecular formula is C9H21NO. The molecule has 2 heteroatoms. The van der Waals surface area contributed by atoms with Crippen molar-refractivity contribution in [2.24, 2.45) is 0 Å². The summed E-state index contributed by atoms with van der Waals surface area (Å²) in [5.74, 6) is 0. The molecule has 11 heavy (non-hydrogen) atoms. The number of hydrogen-bond donors (Lipinski definition) is 1. The van der Waals surface area contributed by atoms with Gasteiger partial charge < -0.3 is 10.1 Å². The lowest BCUT2D eigenvalue weighted by molar-refractivity contribution is 0.129. The van der Waals surface area contributed by atoms with Gasteiger partial charge in [0.15, 0.2) is 0 Å². The van der Waals surface area contributed by atoms with Gasteiger partial charge in [-0.1, -0.05) is 20.3 Å². The van der Waals surface area contributed by atoms with E-state index in [1.165, 1.54) is 12.8 Å². The van der Waals surface area contributed by atoms with Crippen LogP contribution in [0.15, 0.2) is 0 Å². The predicted molar refractivity (Wildman–Crippen MR) is 48.9 cm³/mol. The van der Waals surface area contributed by atoms with Crippen molar-refractivity contribution in [2.75, 3.05) is 26.3 Å². The van der Waals surface area contributed by atoms with Gasteiger partial charge in [0.05, 0.1) is 0 Å². The molecule has 2 nitrogen and oxygen atoms in total. The van der Waals surface area contributed by atoms with Gasteiger partial charge >= 0.3 is 0 Å². The highest BCUT2D eigenvalue weighted by atomic mass is 16.5. The molecule has 0 aromatic rings. The fourth-order valence-corrected chi connectivity index (χ4v) is 0.824. The summed E-state index contributed by atoms with van der Waals surface area (Å²) < 4.78 is 5.38. The number of ether oxygens (including phenoxy) is 1. The van der Waals surface area contributed by atoms with Crippen LogP contribution < -0.4 is 5.32 Å². The molecule has 0 rings (SSSR count). The topological polar surface area (TPSA) is 21.3 Å². The van der Waals surface area contributed by atoms with Crippen LogP contribution in [0.2, 0.25) is 0 Å². The van der Waals surface area contributed by atoms with Gasteiger partial charge in [0.25, 0.3) is 0 Å². The first-order valence-corrected chi connectivity index (χ1v) is 4.70. The fourth-order valence-electron chi connectivity index (χ4n) is 0.824. The molecule has 0 unspecified atom stereocenters. The lowest BCUT2D eigenvalue weighted by Crippen LogP contribution is -2.15. The van der Waals surface area contributed by atoms with Gasteiger partial charge in [-0.15, -0.1) is 0 Å². The summed E-state index contributed by atoms with van der Waals surface area (Å²) in [6.45, 7) is 8.30. The Kier molecular flexibility index (Phi) is 9.85. The lowest BCUT2D eigenvalue weighted by atomic mass is 10.4. The zero-order chi connectivity index (χ0) is 8.36. The predicted octanol–water partition coefficient (Wildman–Crippen LogP) is 1.80. The summed E-state index contributed by atoms with van der Waals surface area (Å²) in [7, 11) is 0. The molecule has 0 fully saturated rings. The van der Waals surface area contributed by atoms with E-state index in [4.69, 9.17) is 4.74 Å². The molecule has 68 valence electrons. The highest BCUT2D eigenvalue weighted by Crippen LogP contribution is 1.88. The first-order valence-electron chi connectivity index (χ1n) is 4.70. The Morgan fingerprint density at radius 1 is 1.09 bits per heavy atom. The Labute approximate surface area is 70.3 Å². The van der Waals surface area contributed by atoms with Gasteiger partial charge in [-0.05, 0) is 25.9 Å². The summed E-state index contributed by atoms with van der Waals surface area (Å²) in [4.78, 5) is 0. The van der Waals surface area contributed by atoms with Crippen LogP contribution >= 0.6 is 0 Å². The fraction of sp³-hybridized carbons (Fsp3) is 1.00. The van der Waals surface area contributed by atoms with Crippen LogP contribution in [-0.4, -0.2) is 26.3 Å². The van der Waals surface area contributed by atoms with E-state index in [0.717, 1.165) is 32.7 Å². The van der Waals surface area contributed by atoms with E-state index < -0.39 is 0 Å². The molecule has 0 aliphatic carbocycles. The Balaban J connectivity index is 2.69. The molecule has 0 aromatic carbocycles. The number of nitrogens with one attached hydrogen (secondary N) is 1. The molecule has 0 amide bonds. The van der Waals surface area contributed by atoms with Crippen molar-refractivity contribution in [3.8, 4) is 0 Å². The van der Waals surface area contributed by atoms with Crippen molar-refractivity contribution in [3.05, 3.63) is 0 Å². The maximum absolute atomic E-state index is 5.38. The third kappa shape index (κ3) is 9.92. The Morgan fingerprint density at radius 2 is 1.82 bits per heavy atom. The first kappa shape index (κ1) is 10.9. The second kappa shape index (κ2) is 9.92. The Morgan fingerprint density at radius 3 is 2.45 bits per heavy atom. The van der Waals surface area contributed by atoms with E-state index in [1.54, 1.807) is 0 Å². The minimum atomic E-state index is 0.910. The Bertz CT molecular complexity index is 58.6. The molecule has 1 N–H and O–H groups in total. The molecule has 0 saturated carbocycles. The van der Waals surface area contributed by atoms with Crippen LogP contribution in [0, 0.1) is 0 Å². The third-order valence-electron chi connectivity index (χ3n) is 1.53. The van der Waals surface area contributed by atoms with Crippen LogP contribution in [-0.2, 0) is 4.74 Å². The average molecular weight is 159 g/mol. The monoisotopic (exact) mass is 159 g/mol. The minimum Gasteiger partial charge on any atom is -0.381 e. The zero-order valence-corrected chi connectivity index (χ0v) is 7.86. The summed E-state index contributed by atoms with van der Waals surface area (Å²) in [5.41, 5.74) is 0. The molecule has 0 saturated heterocycles. The maximum Gasteiger partial charge on any atom is 0.0478 e. The van der Waals surface area contributed by atoms with Gasteiger partial charge in [0.2, 0.25) is 0 Å². The van der Waals surface area contributed by atoms with Crippen LogP contribution in [0.5, 0.6) is 0 Å². The lowest BCUT2D eigenvalue weighted by Gasteiger charge is -2.02. The summed E-state index contributed by atoms with van der Waals surface area (Å²) in [5, 5.41) is 3.26. The third-order valence-corrected chi connectivity index (χ3v) is 1.53. The first-order chi connectivity index (χ1) is 5.41. The van der Waals surface area contributed by atoms with E-state index >= 15 is 0 Å². The molecule has 0 spiro atoms. The molecule has 0 bridgehead atoms. The zero-order valence-electron chi connectivity index (χ0n) is 7.86. The number of hydrogen-bond acceptors (Lipinski definition) is 2. The van der Waals surface area contributed by atoms with Crippen LogP contribution in [0.4, 0.5) is 0 Å². The van der Waals surface area contributed by atoms with Crippen LogP contribution in [0.3, 0.4) is 0 Å². The highest BCUT2D eigenvalue weighted by molar-refractivity contribution is 4.42. The Hall–Kier alpha value is -0.0800. The molecular weight excluding hydrogens is 138 g/mol. The van der Waals surface area contributed by atoms with E-state index in [2.05, 4.69) is 19.2 Å². The maximum atomic E-state index is 5.38. The molecule has 0 aliphatic rings. The van der Waals surface area contributed by atoms with Crippen molar-refractivity contribution in [1.29, 1.82) is 0 Å². The standard InChI is InChI=1S/C9H21NO/c1-3-5-8-11-9-6-7-10-4-2/h10H,3-9H2,1-2H3. The average Bonchev–Trinajstić information content (AvgIpc) is 2.03. The van der Waals surface area contributed by atoms with Crippen molar-refractivity contribution in [2.45, 2.75) is 33.1 Å². The second-order valence-electron chi connectivity index (χ2n) is 2.67. The van der Waals surface area contributed by atoms with Gasteiger partial charge in [-0.2, -0.15) is 0 Å². The molecule has 0 atom stereocenters. The van der Waals surface area contributed by atoms with E-state index in [9.17, 15) is 0 Å².